The molecule has 178 valence electrons. The molecule has 0 bridgehead atoms. The van der Waals surface area contributed by atoms with Crippen LogP contribution in [0.2, 0.25) is 0 Å². The number of hydrogen-bond acceptors (Lipinski definition) is 7. The summed E-state index contributed by atoms with van der Waals surface area (Å²) in [6.45, 7) is 1.04. The quantitative estimate of drug-likeness (QED) is 0.346. The molecule has 1 aromatic heterocycles. The Morgan fingerprint density at radius 3 is 2.37 bits per heavy atom. The monoisotopic (exact) mass is 471 g/mol. The van der Waals surface area contributed by atoms with Gasteiger partial charge in [-0.3, -0.25) is 14.6 Å². The molecule has 2 aliphatic heterocycles. The average molecular weight is 472 g/mol. The number of hydrogen-bond donors (Lipinski definition) is 1. The van der Waals surface area contributed by atoms with Crippen LogP contribution in [0.4, 0.5) is 5.69 Å². The number of Topliss-reactive ketones (excluding diaryl/α,β-unsaturated/α-hetero) is 1. The molecule has 2 aliphatic rings. The first-order valence-corrected chi connectivity index (χ1v) is 11.3. The number of pyridine rings is 1. The summed E-state index contributed by atoms with van der Waals surface area (Å²) in [7, 11) is 3.87. The number of aromatic nitrogens is 1. The summed E-state index contributed by atoms with van der Waals surface area (Å²) in [5, 5.41) is 11.3. The second-order valence-electron chi connectivity index (χ2n) is 8.63. The number of amides is 1. The smallest absolute Gasteiger partial charge is 0.295 e. The van der Waals surface area contributed by atoms with E-state index in [2.05, 4.69) is 4.98 Å². The summed E-state index contributed by atoms with van der Waals surface area (Å²) in [5.74, 6) is -0.588. The van der Waals surface area contributed by atoms with Crippen LogP contribution in [0.25, 0.3) is 5.76 Å². The standard InChI is InChI=1S/C27H25N3O5/c1-29(2)20-6-3-18(4-7-20)24-23(25(31)19-5-8-21-22(15-19)35-14-13-34-21)26(32)27(33)30(24)16-17-9-11-28-12-10-17/h3-12,15,24,31H,13-14,16H2,1-2H3. The number of nitrogens with zero attached hydrogens (tertiary/aromatic N) is 3. The first kappa shape index (κ1) is 22.5. The van der Waals surface area contributed by atoms with Gasteiger partial charge in [0.05, 0.1) is 11.6 Å². The van der Waals surface area contributed by atoms with Crippen molar-refractivity contribution in [1.82, 2.24) is 9.88 Å². The Morgan fingerprint density at radius 2 is 1.69 bits per heavy atom. The van der Waals surface area contributed by atoms with Gasteiger partial charge >= 0.3 is 0 Å². The van der Waals surface area contributed by atoms with E-state index in [4.69, 9.17) is 9.47 Å². The van der Waals surface area contributed by atoms with E-state index in [1.807, 2.05) is 43.3 Å². The van der Waals surface area contributed by atoms with Gasteiger partial charge in [0.25, 0.3) is 11.7 Å². The van der Waals surface area contributed by atoms with Crippen molar-refractivity contribution in [1.29, 1.82) is 0 Å². The van der Waals surface area contributed by atoms with E-state index < -0.39 is 17.7 Å². The molecule has 0 spiro atoms. The van der Waals surface area contributed by atoms with Crippen molar-refractivity contribution >= 4 is 23.1 Å². The molecular formula is C27H25N3O5. The fourth-order valence-electron chi connectivity index (χ4n) is 4.38. The number of fused-ring (bicyclic) bond motifs is 1. The molecule has 35 heavy (non-hydrogen) atoms. The molecule has 8 nitrogen and oxygen atoms in total. The van der Waals surface area contributed by atoms with Gasteiger partial charge in [-0.2, -0.15) is 0 Å². The summed E-state index contributed by atoms with van der Waals surface area (Å²) in [6, 6.07) is 15.4. The van der Waals surface area contributed by atoms with Gasteiger partial charge in [0.1, 0.15) is 19.0 Å². The minimum absolute atomic E-state index is 0.0401. The summed E-state index contributed by atoms with van der Waals surface area (Å²) >= 11 is 0. The van der Waals surface area contributed by atoms with Crippen molar-refractivity contribution in [2.24, 2.45) is 0 Å². The highest BCUT2D eigenvalue weighted by Gasteiger charge is 2.46. The number of ether oxygens (including phenoxy) is 2. The summed E-state index contributed by atoms with van der Waals surface area (Å²) in [4.78, 5) is 34.0. The average Bonchev–Trinajstić information content (AvgIpc) is 3.13. The van der Waals surface area contributed by atoms with Gasteiger partial charge in [-0.25, -0.2) is 0 Å². The van der Waals surface area contributed by atoms with E-state index in [0.717, 1.165) is 16.8 Å². The zero-order chi connectivity index (χ0) is 24.5. The van der Waals surface area contributed by atoms with Crippen LogP contribution in [0.1, 0.15) is 22.7 Å². The zero-order valence-corrected chi connectivity index (χ0v) is 19.5. The number of ketones is 1. The van der Waals surface area contributed by atoms with Gasteiger partial charge in [-0.1, -0.05) is 12.1 Å². The van der Waals surface area contributed by atoms with E-state index in [1.54, 1.807) is 42.7 Å². The van der Waals surface area contributed by atoms with Gasteiger partial charge in [-0.15, -0.1) is 0 Å². The molecule has 1 saturated heterocycles. The molecule has 0 aliphatic carbocycles. The van der Waals surface area contributed by atoms with Crippen molar-refractivity contribution in [3.05, 3.63) is 89.3 Å². The van der Waals surface area contributed by atoms with E-state index >= 15 is 0 Å². The lowest BCUT2D eigenvalue weighted by atomic mass is 9.94. The Kier molecular flexibility index (Phi) is 5.86. The van der Waals surface area contributed by atoms with Crippen molar-refractivity contribution in [3.63, 3.8) is 0 Å². The van der Waals surface area contributed by atoms with Crippen molar-refractivity contribution in [3.8, 4) is 11.5 Å². The minimum atomic E-state index is -0.757. The van der Waals surface area contributed by atoms with Crippen LogP contribution < -0.4 is 14.4 Å². The van der Waals surface area contributed by atoms with Crippen LogP contribution in [-0.2, 0) is 16.1 Å². The third-order valence-corrected chi connectivity index (χ3v) is 6.18. The molecule has 3 aromatic rings. The maximum Gasteiger partial charge on any atom is 0.295 e. The predicted octanol–water partition coefficient (Wildman–Crippen LogP) is 3.54. The second kappa shape index (κ2) is 9.13. The predicted molar refractivity (Wildman–Crippen MR) is 130 cm³/mol. The lowest BCUT2D eigenvalue weighted by Crippen LogP contribution is -2.29. The highest BCUT2D eigenvalue weighted by molar-refractivity contribution is 6.46. The van der Waals surface area contributed by atoms with Crippen LogP contribution in [-0.4, -0.2) is 54.0 Å². The number of carbonyl (C=O) groups is 2. The molecule has 1 fully saturated rings. The van der Waals surface area contributed by atoms with Crippen LogP contribution in [0, 0.1) is 0 Å². The zero-order valence-electron chi connectivity index (χ0n) is 19.5. The van der Waals surface area contributed by atoms with Gasteiger partial charge in [0.15, 0.2) is 11.5 Å². The summed E-state index contributed by atoms with van der Waals surface area (Å²) in [5.41, 5.74) is 2.95. The van der Waals surface area contributed by atoms with Gasteiger partial charge in [0, 0.05) is 44.3 Å². The molecule has 5 rings (SSSR count). The number of anilines is 1. The molecule has 0 saturated carbocycles. The van der Waals surface area contributed by atoms with Crippen molar-refractivity contribution in [2.45, 2.75) is 12.6 Å². The maximum absolute atomic E-state index is 13.3. The molecule has 1 unspecified atom stereocenters. The molecule has 3 heterocycles. The van der Waals surface area contributed by atoms with Gasteiger partial charge < -0.3 is 24.4 Å². The van der Waals surface area contributed by atoms with Gasteiger partial charge in [0.2, 0.25) is 0 Å². The summed E-state index contributed by atoms with van der Waals surface area (Å²) < 4.78 is 11.2. The van der Waals surface area contributed by atoms with E-state index in [0.29, 0.717) is 30.3 Å². The Balaban J connectivity index is 1.62. The third kappa shape index (κ3) is 4.19. The van der Waals surface area contributed by atoms with Crippen molar-refractivity contribution in [2.75, 3.05) is 32.2 Å². The Morgan fingerprint density at radius 1 is 1.00 bits per heavy atom. The van der Waals surface area contributed by atoms with Crippen LogP contribution >= 0.6 is 0 Å². The van der Waals surface area contributed by atoms with Crippen LogP contribution in [0.3, 0.4) is 0 Å². The van der Waals surface area contributed by atoms with E-state index in [-0.39, 0.29) is 17.9 Å². The fourth-order valence-corrected chi connectivity index (χ4v) is 4.38. The number of likely N-dealkylation sites (tertiary alicyclic amines) is 1. The summed E-state index contributed by atoms with van der Waals surface area (Å²) in [6.07, 6.45) is 3.28. The van der Waals surface area contributed by atoms with E-state index in [1.165, 1.54) is 4.90 Å². The van der Waals surface area contributed by atoms with E-state index in [9.17, 15) is 14.7 Å². The molecular weight excluding hydrogens is 446 g/mol. The minimum Gasteiger partial charge on any atom is -0.507 e. The molecule has 1 N–H and O–H groups in total. The second-order valence-corrected chi connectivity index (χ2v) is 8.63. The fraction of sp³-hybridized carbons (Fsp3) is 0.222. The van der Waals surface area contributed by atoms with Crippen molar-refractivity contribution < 1.29 is 24.2 Å². The highest BCUT2D eigenvalue weighted by Crippen LogP contribution is 2.42. The molecule has 1 amide bonds. The normalized spacial score (nSPS) is 18.6. The number of aliphatic hydroxyl groups is 1. The van der Waals surface area contributed by atoms with Gasteiger partial charge in [-0.05, 0) is 53.6 Å². The van der Waals surface area contributed by atoms with Crippen LogP contribution in [0.15, 0.2) is 72.6 Å². The number of rotatable bonds is 5. The Bertz CT molecular complexity index is 1300. The topological polar surface area (TPSA) is 92.2 Å². The molecule has 2 aromatic carbocycles. The first-order valence-electron chi connectivity index (χ1n) is 11.3. The maximum atomic E-state index is 13.3. The molecule has 0 radical (unpaired) electrons. The lowest BCUT2D eigenvalue weighted by Gasteiger charge is -2.26. The number of aliphatic hydroxyl groups excluding tert-OH is 1. The number of benzene rings is 2. The number of carbonyl (C=O) groups excluding carboxylic acids is 2. The largest absolute Gasteiger partial charge is 0.507 e. The SMILES string of the molecule is CN(C)c1ccc(C2C(=C(O)c3ccc4c(c3)OCCO4)C(=O)C(=O)N2Cc2ccncc2)cc1. The third-order valence-electron chi connectivity index (χ3n) is 6.18. The molecule has 8 heteroatoms. The molecule has 1 atom stereocenters. The lowest BCUT2D eigenvalue weighted by molar-refractivity contribution is -0.140. The van der Waals surface area contributed by atoms with Crippen LogP contribution in [0.5, 0.6) is 11.5 Å². The Hall–Kier alpha value is -4.33. The highest BCUT2D eigenvalue weighted by atomic mass is 16.6. The Labute approximate surface area is 203 Å². The first-order chi connectivity index (χ1) is 16.9.